The van der Waals surface area contributed by atoms with Gasteiger partial charge in [-0.2, -0.15) is 0 Å². The highest BCUT2D eigenvalue weighted by Gasteiger charge is 2.12. The predicted molar refractivity (Wildman–Crippen MR) is 79.5 cm³/mol. The molecule has 0 aliphatic rings. The lowest BCUT2D eigenvalue weighted by Crippen LogP contribution is -1.93. The predicted octanol–water partition coefficient (Wildman–Crippen LogP) is 4.44. The van der Waals surface area contributed by atoms with Crippen LogP contribution in [0.3, 0.4) is 0 Å². The highest BCUT2D eigenvalue weighted by molar-refractivity contribution is 6.17. The van der Waals surface area contributed by atoms with Crippen molar-refractivity contribution in [3.8, 4) is 11.3 Å². The van der Waals surface area contributed by atoms with Crippen LogP contribution in [0.4, 0.5) is 4.39 Å². The Bertz CT molecular complexity index is 747. The average molecular weight is 289 g/mol. The standard InChI is InChI=1S/C16H14ClFN2/c1-2-14-16(12-3-5-13(18)6-4-12)19-15-9-11(10-17)7-8-20(14)15/h3-9H,2,10H2,1H3. The number of hydrogen-bond acceptors (Lipinski definition) is 1. The Morgan fingerprint density at radius 3 is 2.60 bits per heavy atom. The zero-order chi connectivity index (χ0) is 14.1. The molecule has 0 amide bonds. The molecule has 0 unspecified atom stereocenters. The van der Waals surface area contributed by atoms with Crippen LogP contribution in [-0.2, 0) is 12.3 Å². The monoisotopic (exact) mass is 288 g/mol. The van der Waals surface area contributed by atoms with Gasteiger partial charge in [0.05, 0.1) is 11.4 Å². The second kappa shape index (κ2) is 5.25. The third kappa shape index (κ3) is 2.18. The molecule has 2 heterocycles. The van der Waals surface area contributed by atoms with Crippen molar-refractivity contribution < 1.29 is 4.39 Å². The number of aryl methyl sites for hydroxylation is 1. The second-order valence-electron chi connectivity index (χ2n) is 4.66. The molecule has 3 aromatic rings. The molecule has 0 atom stereocenters. The van der Waals surface area contributed by atoms with E-state index in [4.69, 9.17) is 11.6 Å². The van der Waals surface area contributed by atoms with Crippen LogP contribution in [-0.4, -0.2) is 9.38 Å². The summed E-state index contributed by atoms with van der Waals surface area (Å²) in [7, 11) is 0. The van der Waals surface area contributed by atoms with Gasteiger partial charge in [-0.05, 0) is 48.4 Å². The van der Waals surface area contributed by atoms with E-state index in [1.807, 2.05) is 18.3 Å². The minimum absolute atomic E-state index is 0.236. The Morgan fingerprint density at radius 1 is 1.20 bits per heavy atom. The maximum atomic E-state index is 13.0. The number of nitrogens with zero attached hydrogens (tertiary/aromatic N) is 2. The SMILES string of the molecule is CCc1c(-c2ccc(F)cc2)nc2cc(CCl)ccn12. The Balaban J connectivity index is 2.21. The first-order valence-corrected chi connectivity index (χ1v) is 7.08. The second-order valence-corrected chi connectivity index (χ2v) is 4.93. The van der Waals surface area contributed by atoms with E-state index in [1.54, 1.807) is 12.1 Å². The molecule has 0 saturated heterocycles. The lowest BCUT2D eigenvalue weighted by atomic mass is 10.1. The van der Waals surface area contributed by atoms with E-state index in [1.165, 1.54) is 12.1 Å². The molecule has 2 nitrogen and oxygen atoms in total. The van der Waals surface area contributed by atoms with Gasteiger partial charge in [0.25, 0.3) is 0 Å². The van der Waals surface area contributed by atoms with Gasteiger partial charge in [0.2, 0.25) is 0 Å². The third-order valence-electron chi connectivity index (χ3n) is 3.40. The summed E-state index contributed by atoms with van der Waals surface area (Å²) in [6.45, 7) is 2.09. The fourth-order valence-corrected chi connectivity index (χ4v) is 2.56. The maximum Gasteiger partial charge on any atom is 0.137 e. The van der Waals surface area contributed by atoms with Gasteiger partial charge in [0.15, 0.2) is 0 Å². The number of fused-ring (bicyclic) bond motifs is 1. The molecule has 2 aromatic heterocycles. The molecule has 0 aliphatic carbocycles. The molecule has 0 radical (unpaired) electrons. The van der Waals surface area contributed by atoms with Crippen LogP contribution >= 0.6 is 11.6 Å². The number of imidazole rings is 1. The van der Waals surface area contributed by atoms with Gasteiger partial charge in [-0.15, -0.1) is 11.6 Å². The van der Waals surface area contributed by atoms with Crippen LogP contribution < -0.4 is 0 Å². The number of benzene rings is 1. The van der Waals surface area contributed by atoms with Gasteiger partial charge < -0.3 is 4.40 Å². The third-order valence-corrected chi connectivity index (χ3v) is 3.70. The molecule has 0 fully saturated rings. The van der Waals surface area contributed by atoms with Crippen molar-refractivity contribution in [1.82, 2.24) is 9.38 Å². The van der Waals surface area contributed by atoms with Crippen molar-refractivity contribution in [3.63, 3.8) is 0 Å². The van der Waals surface area contributed by atoms with Gasteiger partial charge in [-0.1, -0.05) is 6.92 Å². The van der Waals surface area contributed by atoms with Crippen molar-refractivity contribution in [1.29, 1.82) is 0 Å². The zero-order valence-electron chi connectivity index (χ0n) is 11.1. The highest BCUT2D eigenvalue weighted by atomic mass is 35.5. The molecule has 20 heavy (non-hydrogen) atoms. The summed E-state index contributed by atoms with van der Waals surface area (Å²) in [5.41, 5.74) is 4.86. The average Bonchev–Trinajstić information content (AvgIpc) is 2.85. The molecular weight excluding hydrogens is 275 g/mol. The summed E-state index contributed by atoms with van der Waals surface area (Å²) in [6, 6.07) is 10.4. The number of alkyl halides is 1. The van der Waals surface area contributed by atoms with E-state index in [9.17, 15) is 4.39 Å². The zero-order valence-corrected chi connectivity index (χ0v) is 11.9. The van der Waals surface area contributed by atoms with Gasteiger partial charge >= 0.3 is 0 Å². The molecule has 4 heteroatoms. The smallest absolute Gasteiger partial charge is 0.137 e. The fourth-order valence-electron chi connectivity index (χ4n) is 2.40. The van der Waals surface area contributed by atoms with E-state index in [-0.39, 0.29) is 5.82 Å². The Labute approximate surface area is 121 Å². The quantitative estimate of drug-likeness (QED) is 0.651. The van der Waals surface area contributed by atoms with E-state index >= 15 is 0 Å². The van der Waals surface area contributed by atoms with Crippen LogP contribution in [0.1, 0.15) is 18.2 Å². The molecule has 0 aliphatic heterocycles. The molecule has 0 saturated carbocycles. The Kier molecular flexibility index (Phi) is 3.45. The fraction of sp³-hybridized carbons (Fsp3) is 0.188. The minimum Gasteiger partial charge on any atom is -0.303 e. The van der Waals surface area contributed by atoms with Crippen LogP contribution in [0.25, 0.3) is 16.9 Å². The molecule has 1 aromatic carbocycles. The van der Waals surface area contributed by atoms with Crippen molar-refractivity contribution in [2.24, 2.45) is 0 Å². The van der Waals surface area contributed by atoms with Gasteiger partial charge in [0, 0.05) is 17.6 Å². The van der Waals surface area contributed by atoms with Crippen LogP contribution in [0.5, 0.6) is 0 Å². The van der Waals surface area contributed by atoms with Gasteiger partial charge in [-0.3, -0.25) is 0 Å². The molecule has 0 bridgehead atoms. The first kappa shape index (κ1) is 13.1. The van der Waals surface area contributed by atoms with Crippen molar-refractivity contribution in [2.75, 3.05) is 0 Å². The number of pyridine rings is 1. The molecular formula is C16H14ClFN2. The van der Waals surface area contributed by atoms with Crippen molar-refractivity contribution in [2.45, 2.75) is 19.2 Å². The molecule has 102 valence electrons. The number of aromatic nitrogens is 2. The lowest BCUT2D eigenvalue weighted by Gasteiger charge is -2.03. The summed E-state index contributed by atoms with van der Waals surface area (Å²) in [4.78, 5) is 4.67. The summed E-state index contributed by atoms with van der Waals surface area (Å²) in [5.74, 6) is 0.233. The summed E-state index contributed by atoms with van der Waals surface area (Å²) >= 11 is 5.86. The summed E-state index contributed by atoms with van der Waals surface area (Å²) in [5, 5.41) is 0. The maximum absolute atomic E-state index is 13.0. The van der Waals surface area contributed by atoms with E-state index in [0.29, 0.717) is 5.88 Å². The minimum atomic E-state index is -0.236. The van der Waals surface area contributed by atoms with Gasteiger partial charge in [-0.25, -0.2) is 9.37 Å². The number of rotatable bonds is 3. The first-order chi connectivity index (χ1) is 9.72. The number of halogens is 2. The molecule has 0 spiro atoms. The molecule has 3 rings (SSSR count). The van der Waals surface area contributed by atoms with E-state index < -0.39 is 0 Å². The Morgan fingerprint density at radius 2 is 1.95 bits per heavy atom. The van der Waals surface area contributed by atoms with E-state index in [0.717, 1.165) is 34.6 Å². The topological polar surface area (TPSA) is 17.3 Å². The summed E-state index contributed by atoms with van der Waals surface area (Å²) < 4.78 is 15.1. The van der Waals surface area contributed by atoms with Crippen LogP contribution in [0.2, 0.25) is 0 Å². The van der Waals surface area contributed by atoms with Crippen LogP contribution in [0.15, 0.2) is 42.6 Å². The van der Waals surface area contributed by atoms with Crippen molar-refractivity contribution in [3.05, 3.63) is 59.7 Å². The number of hydrogen-bond donors (Lipinski definition) is 0. The van der Waals surface area contributed by atoms with E-state index in [2.05, 4.69) is 16.3 Å². The Hall–Kier alpha value is -1.87. The van der Waals surface area contributed by atoms with Gasteiger partial charge in [0.1, 0.15) is 11.5 Å². The summed E-state index contributed by atoms with van der Waals surface area (Å²) in [6.07, 6.45) is 2.85. The first-order valence-electron chi connectivity index (χ1n) is 6.54. The molecule has 0 N–H and O–H groups in total. The van der Waals surface area contributed by atoms with Crippen molar-refractivity contribution >= 4 is 17.2 Å². The highest BCUT2D eigenvalue weighted by Crippen LogP contribution is 2.25. The van der Waals surface area contributed by atoms with Crippen LogP contribution in [0, 0.1) is 5.82 Å². The lowest BCUT2D eigenvalue weighted by molar-refractivity contribution is 0.628. The normalized spacial score (nSPS) is 11.2. The largest absolute Gasteiger partial charge is 0.303 e.